The molecule has 0 aromatic carbocycles. The van der Waals surface area contributed by atoms with Crippen molar-refractivity contribution >= 4 is 20.4 Å². The largest absolute Gasteiger partial charge is 0.460 e. The highest BCUT2D eigenvalue weighted by Gasteiger charge is 2.44. The van der Waals surface area contributed by atoms with Crippen molar-refractivity contribution in [1.29, 1.82) is 0 Å². The molecular formula is C22H43NO5Si. The summed E-state index contributed by atoms with van der Waals surface area (Å²) in [5, 5.41) is 2.96. The van der Waals surface area contributed by atoms with Crippen LogP contribution in [0.2, 0.25) is 18.1 Å². The van der Waals surface area contributed by atoms with Gasteiger partial charge in [-0.1, -0.05) is 34.6 Å². The Morgan fingerprint density at radius 2 is 1.72 bits per heavy atom. The molecule has 1 saturated heterocycles. The smallest absolute Gasteiger partial charge is 0.408 e. The van der Waals surface area contributed by atoms with Crippen molar-refractivity contribution in [3.8, 4) is 0 Å². The van der Waals surface area contributed by atoms with Crippen LogP contribution in [-0.2, 0) is 18.7 Å². The SMILES string of the molecule is CC[Si](CC)(CC)O[C@H](C)[C@@H](NC(=O)OC(C)(C)C)[C@@H]1C[C@@H](CC(C)C)C(=O)O1. The molecule has 1 aliphatic heterocycles. The Morgan fingerprint density at radius 1 is 1.17 bits per heavy atom. The average Bonchev–Trinajstić information content (AvgIpc) is 2.95. The standard InChI is InChI=1S/C22H43NO5Si/c1-10-29(11-2,12-3)28-16(6)19(23-21(25)27-22(7,8)9)18-14-17(13-15(4)5)20(24)26-18/h15-19H,10-14H2,1-9H3,(H,23,25)/t16-,17-,18+,19-/m1/s1. The number of hydrogen-bond acceptors (Lipinski definition) is 5. The van der Waals surface area contributed by atoms with E-state index in [1.54, 1.807) is 0 Å². The van der Waals surface area contributed by atoms with Crippen molar-refractivity contribution in [3.63, 3.8) is 0 Å². The minimum absolute atomic E-state index is 0.124. The summed E-state index contributed by atoms with van der Waals surface area (Å²) in [5.41, 5.74) is -0.597. The first-order valence-electron chi connectivity index (χ1n) is 11.2. The van der Waals surface area contributed by atoms with Crippen molar-refractivity contribution in [2.75, 3.05) is 0 Å². The third-order valence-electron chi connectivity index (χ3n) is 5.83. The molecule has 0 saturated carbocycles. The number of alkyl carbamates (subject to hydrolysis) is 1. The number of esters is 1. The summed E-state index contributed by atoms with van der Waals surface area (Å²) in [5.74, 6) is 0.120. The van der Waals surface area contributed by atoms with E-state index in [-0.39, 0.29) is 18.0 Å². The maximum absolute atomic E-state index is 12.5. The van der Waals surface area contributed by atoms with Crippen LogP contribution in [0.15, 0.2) is 0 Å². The molecule has 0 aromatic rings. The van der Waals surface area contributed by atoms with E-state index in [9.17, 15) is 9.59 Å². The number of nitrogens with one attached hydrogen (secondary N) is 1. The molecule has 1 rings (SSSR count). The predicted octanol–water partition coefficient (Wildman–Crippen LogP) is 5.27. The minimum atomic E-state index is -1.88. The highest BCUT2D eigenvalue weighted by Crippen LogP contribution is 2.32. The first-order valence-corrected chi connectivity index (χ1v) is 13.8. The maximum atomic E-state index is 12.5. The van der Waals surface area contributed by atoms with Crippen molar-refractivity contribution in [2.45, 2.75) is 117 Å². The molecule has 1 aliphatic rings. The Labute approximate surface area is 178 Å². The quantitative estimate of drug-likeness (QED) is 0.378. The summed E-state index contributed by atoms with van der Waals surface area (Å²) in [6.07, 6.45) is 0.236. The zero-order valence-electron chi connectivity index (χ0n) is 20.0. The van der Waals surface area contributed by atoms with Gasteiger partial charge in [-0.25, -0.2) is 4.79 Å². The van der Waals surface area contributed by atoms with Gasteiger partial charge in [0.15, 0.2) is 8.32 Å². The second-order valence-electron chi connectivity index (χ2n) is 9.78. The zero-order chi connectivity index (χ0) is 22.4. The minimum Gasteiger partial charge on any atom is -0.460 e. The first kappa shape index (κ1) is 26.0. The lowest BCUT2D eigenvalue weighted by Gasteiger charge is -2.37. The van der Waals surface area contributed by atoms with E-state index in [1.807, 2.05) is 27.7 Å². The number of rotatable bonds is 10. The van der Waals surface area contributed by atoms with Crippen molar-refractivity contribution in [2.24, 2.45) is 11.8 Å². The van der Waals surface area contributed by atoms with Crippen LogP contribution < -0.4 is 5.32 Å². The van der Waals surface area contributed by atoms with E-state index in [1.165, 1.54) is 0 Å². The van der Waals surface area contributed by atoms with E-state index in [4.69, 9.17) is 13.9 Å². The molecule has 7 heteroatoms. The van der Waals surface area contributed by atoms with Gasteiger partial charge in [-0.15, -0.1) is 0 Å². The fraction of sp³-hybridized carbons (Fsp3) is 0.909. The van der Waals surface area contributed by atoms with Gasteiger partial charge in [0.2, 0.25) is 0 Å². The Balaban J connectivity index is 3.02. The van der Waals surface area contributed by atoms with Crippen molar-refractivity contribution in [1.82, 2.24) is 5.32 Å². The van der Waals surface area contributed by atoms with Crippen LogP contribution in [0, 0.1) is 11.8 Å². The third-order valence-corrected chi connectivity index (χ3v) is 10.6. The molecular weight excluding hydrogens is 386 g/mol. The fourth-order valence-corrected chi connectivity index (χ4v) is 7.01. The van der Waals surface area contributed by atoms with E-state index in [2.05, 4.69) is 39.9 Å². The highest BCUT2D eigenvalue weighted by atomic mass is 28.4. The van der Waals surface area contributed by atoms with Gasteiger partial charge < -0.3 is 19.2 Å². The van der Waals surface area contributed by atoms with Crippen LogP contribution in [0.5, 0.6) is 0 Å². The van der Waals surface area contributed by atoms with Gasteiger partial charge in [0.05, 0.1) is 18.1 Å². The summed E-state index contributed by atoms with van der Waals surface area (Å²) >= 11 is 0. The number of hydrogen-bond donors (Lipinski definition) is 1. The lowest BCUT2D eigenvalue weighted by Crippen LogP contribution is -2.55. The van der Waals surface area contributed by atoms with Crippen LogP contribution in [-0.4, -0.2) is 44.2 Å². The average molecular weight is 430 g/mol. The molecule has 170 valence electrons. The van der Waals surface area contributed by atoms with Crippen LogP contribution in [0.1, 0.15) is 75.2 Å². The van der Waals surface area contributed by atoms with Crippen molar-refractivity contribution in [3.05, 3.63) is 0 Å². The van der Waals surface area contributed by atoms with E-state index < -0.39 is 32.2 Å². The second-order valence-corrected chi connectivity index (χ2v) is 14.5. The van der Waals surface area contributed by atoms with E-state index >= 15 is 0 Å². The number of carbonyl (C=O) groups is 2. The van der Waals surface area contributed by atoms with Gasteiger partial charge in [-0.3, -0.25) is 4.79 Å². The molecule has 0 radical (unpaired) electrons. The summed E-state index contributed by atoms with van der Waals surface area (Å²) in [4.78, 5) is 24.9. The zero-order valence-corrected chi connectivity index (χ0v) is 21.0. The number of ether oxygens (including phenoxy) is 2. The maximum Gasteiger partial charge on any atom is 0.408 e. The summed E-state index contributed by atoms with van der Waals surface area (Å²) in [7, 11) is -1.88. The van der Waals surface area contributed by atoms with E-state index in [0.29, 0.717) is 12.3 Å². The normalized spacial score (nSPS) is 22.3. The van der Waals surface area contributed by atoms with Crippen LogP contribution >= 0.6 is 0 Å². The van der Waals surface area contributed by atoms with Crippen molar-refractivity contribution < 1.29 is 23.5 Å². The molecule has 0 spiro atoms. The van der Waals surface area contributed by atoms with E-state index in [0.717, 1.165) is 24.6 Å². The van der Waals surface area contributed by atoms with Gasteiger partial charge in [-0.2, -0.15) is 0 Å². The topological polar surface area (TPSA) is 73.9 Å². The molecule has 0 aromatic heterocycles. The summed E-state index contributed by atoms with van der Waals surface area (Å²) < 4.78 is 17.8. The van der Waals surface area contributed by atoms with Gasteiger partial charge >= 0.3 is 12.1 Å². The summed E-state index contributed by atoms with van der Waals surface area (Å²) in [6.45, 7) is 18.2. The number of amides is 1. The molecule has 4 atom stereocenters. The first-order chi connectivity index (χ1) is 13.4. The van der Waals surface area contributed by atoms with Crippen LogP contribution in [0.3, 0.4) is 0 Å². The van der Waals surface area contributed by atoms with Gasteiger partial charge in [0.25, 0.3) is 0 Å². The fourth-order valence-electron chi connectivity index (χ4n) is 4.08. The number of carbonyl (C=O) groups excluding carboxylic acids is 2. The molecule has 0 aliphatic carbocycles. The Morgan fingerprint density at radius 3 is 2.17 bits per heavy atom. The molecule has 29 heavy (non-hydrogen) atoms. The van der Waals surface area contributed by atoms with Crippen LogP contribution in [0.25, 0.3) is 0 Å². The molecule has 1 amide bonds. The van der Waals surface area contributed by atoms with Gasteiger partial charge in [-0.05, 0) is 64.6 Å². The summed E-state index contributed by atoms with van der Waals surface area (Å²) in [6, 6.07) is 2.63. The third kappa shape index (κ3) is 7.93. The number of cyclic esters (lactones) is 1. The monoisotopic (exact) mass is 429 g/mol. The Bertz CT molecular complexity index is 534. The molecule has 0 bridgehead atoms. The predicted molar refractivity (Wildman–Crippen MR) is 118 cm³/mol. The second kappa shape index (κ2) is 10.8. The van der Waals surface area contributed by atoms with Gasteiger partial charge in [0.1, 0.15) is 11.7 Å². The molecule has 1 fully saturated rings. The lowest BCUT2D eigenvalue weighted by atomic mass is 9.91. The molecule has 6 nitrogen and oxygen atoms in total. The lowest BCUT2D eigenvalue weighted by molar-refractivity contribution is -0.146. The van der Waals surface area contributed by atoms with Gasteiger partial charge in [0, 0.05) is 0 Å². The molecule has 1 N–H and O–H groups in total. The highest BCUT2D eigenvalue weighted by molar-refractivity contribution is 6.73. The Hall–Kier alpha value is -1.08. The Kier molecular flexibility index (Phi) is 9.66. The molecule has 0 unspecified atom stereocenters. The van der Waals surface area contributed by atoms with Crippen LogP contribution in [0.4, 0.5) is 4.79 Å². The molecule has 1 heterocycles.